The van der Waals surface area contributed by atoms with Gasteiger partial charge in [-0.25, -0.2) is 0 Å². The molecule has 2 aromatic carbocycles. The maximum Gasteiger partial charge on any atom is 0.251 e. The van der Waals surface area contributed by atoms with Gasteiger partial charge in [0.15, 0.2) is 0 Å². The number of fused-ring (bicyclic) bond motifs is 3. The molecule has 1 aromatic heterocycles. The highest BCUT2D eigenvalue weighted by Crippen LogP contribution is 2.27. The zero-order chi connectivity index (χ0) is 19.6. The molecule has 3 nitrogen and oxygen atoms in total. The zero-order valence-electron chi connectivity index (χ0n) is 17.5. The van der Waals surface area contributed by atoms with Crippen molar-refractivity contribution < 1.29 is 0 Å². The average Bonchev–Trinajstić information content (AvgIpc) is 2.76. The van der Waals surface area contributed by atoms with Crippen LogP contribution in [0, 0.1) is 5.92 Å². The van der Waals surface area contributed by atoms with Gasteiger partial charge >= 0.3 is 0 Å². The Hall–Kier alpha value is -2.10. The van der Waals surface area contributed by atoms with Crippen molar-refractivity contribution in [3.8, 4) is 0 Å². The van der Waals surface area contributed by atoms with Crippen molar-refractivity contribution in [1.29, 1.82) is 0 Å². The second-order valence-corrected chi connectivity index (χ2v) is 8.91. The van der Waals surface area contributed by atoms with Crippen LogP contribution >= 0.6 is 12.4 Å². The van der Waals surface area contributed by atoms with Crippen LogP contribution in [0.25, 0.3) is 10.9 Å². The molecule has 0 unspecified atom stereocenters. The number of aromatic amines is 1. The van der Waals surface area contributed by atoms with Crippen molar-refractivity contribution in [2.24, 2.45) is 5.92 Å². The second kappa shape index (κ2) is 9.36. The Kier molecular flexibility index (Phi) is 6.60. The zero-order valence-corrected chi connectivity index (χ0v) is 18.3. The number of rotatable bonds is 4. The van der Waals surface area contributed by atoms with Gasteiger partial charge in [0.1, 0.15) is 0 Å². The predicted octanol–water partition coefficient (Wildman–Crippen LogP) is 5.28. The van der Waals surface area contributed by atoms with Crippen LogP contribution in [0.5, 0.6) is 0 Å². The van der Waals surface area contributed by atoms with Crippen LogP contribution < -0.4 is 5.56 Å². The maximum atomic E-state index is 12.5. The van der Waals surface area contributed by atoms with Crippen molar-refractivity contribution in [3.05, 3.63) is 81.1 Å². The standard InChI is InChI=1S/C26H30N2O.ClH/c29-26-24-9-5-4-8-22(24)23-11-10-21(17-25(23)27-26)18-28-14-12-20(13-15-28)16-19-6-2-1-3-7-19;/h1-3,6-7,10-11,17,20H,4-5,8-9,12-16,18H2,(H,27,29);1H. The van der Waals surface area contributed by atoms with Gasteiger partial charge in [0.2, 0.25) is 0 Å². The summed E-state index contributed by atoms with van der Waals surface area (Å²) < 4.78 is 0. The number of benzene rings is 2. The van der Waals surface area contributed by atoms with Crippen LogP contribution in [-0.4, -0.2) is 23.0 Å². The first kappa shape index (κ1) is 21.1. The van der Waals surface area contributed by atoms with E-state index in [9.17, 15) is 4.79 Å². The molecule has 3 aromatic rings. The molecule has 0 saturated carbocycles. The molecule has 1 N–H and O–H groups in total. The lowest BCUT2D eigenvalue weighted by molar-refractivity contribution is 0.177. The molecule has 2 heterocycles. The van der Waals surface area contributed by atoms with E-state index in [-0.39, 0.29) is 18.0 Å². The van der Waals surface area contributed by atoms with Gasteiger partial charge in [-0.15, -0.1) is 12.4 Å². The van der Waals surface area contributed by atoms with Gasteiger partial charge in [-0.2, -0.15) is 0 Å². The number of nitrogens with one attached hydrogen (secondary N) is 1. The van der Waals surface area contributed by atoms with Gasteiger partial charge in [-0.3, -0.25) is 9.69 Å². The van der Waals surface area contributed by atoms with Gasteiger partial charge in [0, 0.05) is 23.0 Å². The number of likely N-dealkylation sites (tertiary alicyclic amines) is 1. The van der Waals surface area contributed by atoms with E-state index in [1.807, 2.05) is 0 Å². The minimum atomic E-state index is 0. The Morgan fingerprint density at radius 2 is 1.63 bits per heavy atom. The van der Waals surface area contributed by atoms with Gasteiger partial charge in [-0.1, -0.05) is 42.5 Å². The molecule has 5 rings (SSSR count). The third-order valence-electron chi connectivity index (χ3n) is 6.88. The topological polar surface area (TPSA) is 36.1 Å². The molecule has 1 fully saturated rings. The number of pyridine rings is 1. The van der Waals surface area contributed by atoms with E-state index < -0.39 is 0 Å². The summed E-state index contributed by atoms with van der Waals surface area (Å²) in [7, 11) is 0. The fourth-order valence-corrected chi connectivity index (χ4v) is 5.26. The minimum Gasteiger partial charge on any atom is -0.322 e. The summed E-state index contributed by atoms with van der Waals surface area (Å²) in [5.74, 6) is 0.799. The van der Waals surface area contributed by atoms with Gasteiger partial charge < -0.3 is 4.98 Å². The van der Waals surface area contributed by atoms with Crippen molar-refractivity contribution in [1.82, 2.24) is 9.88 Å². The average molecular weight is 423 g/mol. The number of H-pyrrole nitrogens is 1. The van der Waals surface area contributed by atoms with E-state index in [2.05, 4.69) is 58.4 Å². The Morgan fingerprint density at radius 1 is 0.900 bits per heavy atom. The normalized spacial score (nSPS) is 17.5. The van der Waals surface area contributed by atoms with Gasteiger partial charge in [0.05, 0.1) is 0 Å². The quantitative estimate of drug-likeness (QED) is 0.620. The van der Waals surface area contributed by atoms with E-state index in [1.54, 1.807) is 0 Å². The van der Waals surface area contributed by atoms with Crippen LogP contribution in [0.15, 0.2) is 53.3 Å². The van der Waals surface area contributed by atoms with Crippen molar-refractivity contribution in [2.45, 2.75) is 51.5 Å². The highest BCUT2D eigenvalue weighted by molar-refractivity contribution is 5.85. The van der Waals surface area contributed by atoms with Crippen LogP contribution in [0.3, 0.4) is 0 Å². The lowest BCUT2D eigenvalue weighted by Gasteiger charge is -2.32. The molecule has 1 aliphatic heterocycles. The minimum absolute atomic E-state index is 0. The number of piperidine rings is 1. The van der Waals surface area contributed by atoms with E-state index in [1.165, 1.54) is 47.8 Å². The maximum absolute atomic E-state index is 12.5. The third-order valence-corrected chi connectivity index (χ3v) is 6.88. The van der Waals surface area contributed by atoms with E-state index in [0.717, 1.165) is 55.9 Å². The van der Waals surface area contributed by atoms with Gasteiger partial charge in [-0.05, 0) is 86.7 Å². The van der Waals surface area contributed by atoms with Crippen molar-refractivity contribution >= 4 is 23.3 Å². The summed E-state index contributed by atoms with van der Waals surface area (Å²) in [5.41, 5.74) is 6.25. The fraction of sp³-hybridized carbons (Fsp3) is 0.423. The fourth-order valence-electron chi connectivity index (χ4n) is 5.26. The number of aryl methyl sites for hydroxylation is 1. The highest BCUT2D eigenvalue weighted by atomic mass is 35.5. The molecule has 0 amide bonds. The summed E-state index contributed by atoms with van der Waals surface area (Å²) in [4.78, 5) is 18.2. The molecular formula is C26H31ClN2O. The van der Waals surface area contributed by atoms with Crippen LogP contribution in [0.4, 0.5) is 0 Å². The molecule has 0 spiro atoms. The summed E-state index contributed by atoms with van der Waals surface area (Å²) in [6.07, 6.45) is 8.06. The first-order chi connectivity index (χ1) is 14.3. The van der Waals surface area contributed by atoms with E-state index in [0.29, 0.717) is 0 Å². The summed E-state index contributed by atoms with van der Waals surface area (Å²) in [5, 5.41) is 1.25. The van der Waals surface area contributed by atoms with Crippen molar-refractivity contribution in [2.75, 3.05) is 13.1 Å². The Morgan fingerprint density at radius 3 is 2.40 bits per heavy atom. The van der Waals surface area contributed by atoms with Crippen LogP contribution in [-0.2, 0) is 25.8 Å². The van der Waals surface area contributed by atoms with E-state index >= 15 is 0 Å². The molecule has 30 heavy (non-hydrogen) atoms. The number of hydrogen-bond acceptors (Lipinski definition) is 2. The molecule has 0 atom stereocenters. The monoisotopic (exact) mass is 422 g/mol. The molecule has 0 bridgehead atoms. The lowest BCUT2D eigenvalue weighted by atomic mass is 9.89. The van der Waals surface area contributed by atoms with Crippen LogP contribution in [0.2, 0.25) is 0 Å². The molecule has 0 radical (unpaired) electrons. The number of halogens is 1. The highest BCUT2D eigenvalue weighted by Gasteiger charge is 2.20. The first-order valence-electron chi connectivity index (χ1n) is 11.2. The Balaban J connectivity index is 0.00000218. The lowest BCUT2D eigenvalue weighted by Crippen LogP contribution is -2.33. The SMILES string of the molecule is Cl.O=c1[nH]c2cc(CN3CCC(Cc4ccccc4)CC3)ccc2c2c1CCCC2. The molecule has 4 heteroatoms. The number of hydrogen-bond donors (Lipinski definition) is 1. The number of nitrogens with zero attached hydrogens (tertiary/aromatic N) is 1. The van der Waals surface area contributed by atoms with Crippen molar-refractivity contribution in [3.63, 3.8) is 0 Å². The largest absolute Gasteiger partial charge is 0.322 e. The Bertz CT molecular complexity index is 1050. The molecule has 2 aliphatic rings. The molecule has 1 aliphatic carbocycles. The number of aromatic nitrogens is 1. The first-order valence-corrected chi connectivity index (χ1v) is 11.2. The predicted molar refractivity (Wildman–Crippen MR) is 127 cm³/mol. The van der Waals surface area contributed by atoms with Crippen LogP contribution in [0.1, 0.15) is 47.9 Å². The second-order valence-electron chi connectivity index (χ2n) is 8.91. The Labute approximate surface area is 184 Å². The smallest absolute Gasteiger partial charge is 0.251 e. The third kappa shape index (κ3) is 4.48. The van der Waals surface area contributed by atoms with Gasteiger partial charge in [0.25, 0.3) is 5.56 Å². The summed E-state index contributed by atoms with van der Waals surface area (Å²) in [6, 6.07) is 17.6. The molecular weight excluding hydrogens is 392 g/mol. The summed E-state index contributed by atoms with van der Waals surface area (Å²) in [6.45, 7) is 3.31. The summed E-state index contributed by atoms with van der Waals surface area (Å²) >= 11 is 0. The van der Waals surface area contributed by atoms with E-state index in [4.69, 9.17) is 0 Å². The molecule has 158 valence electrons. The molecule has 1 saturated heterocycles.